The van der Waals surface area contributed by atoms with Crippen molar-refractivity contribution in [1.82, 2.24) is 0 Å². The molecule has 2 aromatic carbocycles. The monoisotopic (exact) mass is 296 g/mol. The maximum absolute atomic E-state index is 11.8. The minimum atomic E-state index is -0.398. The third-order valence-corrected chi connectivity index (χ3v) is 3.95. The van der Waals surface area contributed by atoms with E-state index in [-0.39, 0.29) is 5.92 Å². The van der Waals surface area contributed by atoms with Gasteiger partial charge >= 0.3 is 5.97 Å². The molecule has 4 nitrogen and oxygen atoms in total. The van der Waals surface area contributed by atoms with E-state index in [1.807, 2.05) is 24.3 Å². The summed E-state index contributed by atoms with van der Waals surface area (Å²) in [6.07, 6.45) is 1.25. The number of hydrogen-bond acceptors (Lipinski definition) is 4. The Bertz CT molecular complexity index is 721. The van der Waals surface area contributed by atoms with Crippen LogP contribution in [-0.2, 0) is 16.1 Å². The van der Waals surface area contributed by atoms with Gasteiger partial charge in [0.15, 0.2) is 0 Å². The fraction of sp³-hybridized carbons (Fsp3) is 0.222. The second-order valence-electron chi connectivity index (χ2n) is 5.19. The van der Waals surface area contributed by atoms with Crippen LogP contribution in [0.25, 0.3) is 0 Å². The van der Waals surface area contributed by atoms with Crippen molar-refractivity contribution in [3.8, 4) is 5.75 Å². The zero-order chi connectivity index (χ0) is 15.5. The smallest absolute Gasteiger partial charge is 0.337 e. The highest BCUT2D eigenvalue weighted by Gasteiger charge is 2.25. The van der Waals surface area contributed by atoms with Crippen molar-refractivity contribution in [2.45, 2.75) is 18.9 Å². The minimum absolute atomic E-state index is 0.115. The largest absolute Gasteiger partial charge is 0.489 e. The van der Waals surface area contributed by atoms with Gasteiger partial charge in [-0.2, -0.15) is 0 Å². The van der Waals surface area contributed by atoms with Gasteiger partial charge in [0, 0.05) is 17.9 Å². The second-order valence-corrected chi connectivity index (χ2v) is 5.19. The van der Waals surface area contributed by atoms with Crippen LogP contribution in [0.3, 0.4) is 0 Å². The third kappa shape index (κ3) is 2.48. The Morgan fingerprint density at radius 3 is 2.86 bits per heavy atom. The van der Waals surface area contributed by atoms with E-state index >= 15 is 0 Å². The molecule has 0 radical (unpaired) electrons. The second kappa shape index (κ2) is 6.02. The van der Waals surface area contributed by atoms with Crippen LogP contribution in [-0.4, -0.2) is 19.4 Å². The Hall–Kier alpha value is -2.62. The zero-order valence-electron chi connectivity index (χ0n) is 12.2. The lowest BCUT2D eigenvalue weighted by Gasteiger charge is -2.17. The summed E-state index contributed by atoms with van der Waals surface area (Å²) in [5, 5.41) is 0. The number of methoxy groups -OCH3 is 1. The lowest BCUT2D eigenvalue weighted by atomic mass is 9.86. The van der Waals surface area contributed by atoms with Crippen LogP contribution in [0.4, 0.5) is 0 Å². The first-order valence-corrected chi connectivity index (χ1v) is 7.11. The highest BCUT2D eigenvalue weighted by molar-refractivity contribution is 5.90. The van der Waals surface area contributed by atoms with Crippen LogP contribution in [0.2, 0.25) is 0 Å². The Kier molecular flexibility index (Phi) is 3.92. The molecule has 0 N–H and O–H groups in total. The van der Waals surface area contributed by atoms with Crippen LogP contribution in [0, 0.1) is 0 Å². The third-order valence-electron chi connectivity index (χ3n) is 3.95. The van der Waals surface area contributed by atoms with Crippen LogP contribution < -0.4 is 4.74 Å². The molecule has 0 bridgehead atoms. The molecular weight excluding hydrogens is 280 g/mol. The number of aldehydes is 1. The highest BCUT2D eigenvalue weighted by Crippen LogP contribution is 2.39. The molecule has 1 heterocycles. The van der Waals surface area contributed by atoms with E-state index in [0.29, 0.717) is 24.3 Å². The van der Waals surface area contributed by atoms with Crippen molar-refractivity contribution in [2.75, 3.05) is 7.11 Å². The van der Waals surface area contributed by atoms with E-state index in [1.54, 1.807) is 18.2 Å². The number of carbonyl (C=O) groups is 2. The lowest BCUT2D eigenvalue weighted by Crippen LogP contribution is -2.06. The molecule has 1 aliphatic heterocycles. The fourth-order valence-electron chi connectivity index (χ4n) is 2.88. The Morgan fingerprint density at radius 2 is 2.09 bits per heavy atom. The Morgan fingerprint density at radius 1 is 1.27 bits per heavy atom. The lowest BCUT2D eigenvalue weighted by molar-refractivity contribution is -0.108. The van der Waals surface area contributed by atoms with Gasteiger partial charge in [-0.1, -0.05) is 24.3 Å². The molecule has 112 valence electrons. The van der Waals surface area contributed by atoms with E-state index in [2.05, 4.69) is 0 Å². The Balaban J connectivity index is 2.15. The van der Waals surface area contributed by atoms with Gasteiger partial charge in [0.1, 0.15) is 18.6 Å². The van der Waals surface area contributed by atoms with Gasteiger partial charge in [-0.25, -0.2) is 4.79 Å². The minimum Gasteiger partial charge on any atom is -0.489 e. The van der Waals surface area contributed by atoms with Crippen molar-refractivity contribution < 1.29 is 19.1 Å². The number of esters is 1. The van der Waals surface area contributed by atoms with Gasteiger partial charge in [-0.15, -0.1) is 0 Å². The van der Waals surface area contributed by atoms with E-state index in [0.717, 1.165) is 23.0 Å². The summed E-state index contributed by atoms with van der Waals surface area (Å²) in [6, 6.07) is 13.1. The molecule has 0 fully saturated rings. The molecule has 0 saturated carbocycles. The number of fused-ring (bicyclic) bond motifs is 2. The standard InChI is InChI=1S/C18H16O4/c1-21-18(20)12-6-7-17-16(10-12)15(8-9-19)14-5-3-2-4-13(14)11-22-17/h2-7,9-10,15H,8,11H2,1H3/t15-/m1/s1. The molecule has 0 saturated heterocycles. The molecule has 1 atom stereocenters. The predicted molar refractivity (Wildman–Crippen MR) is 81.1 cm³/mol. The first-order valence-electron chi connectivity index (χ1n) is 7.11. The fourth-order valence-corrected chi connectivity index (χ4v) is 2.88. The van der Waals surface area contributed by atoms with Crippen LogP contribution in [0.5, 0.6) is 5.75 Å². The van der Waals surface area contributed by atoms with Gasteiger partial charge in [0.05, 0.1) is 12.7 Å². The summed E-state index contributed by atoms with van der Waals surface area (Å²) in [5.74, 6) is 0.191. The van der Waals surface area contributed by atoms with Gasteiger partial charge in [0.25, 0.3) is 0 Å². The molecule has 0 spiro atoms. The van der Waals surface area contributed by atoms with E-state index in [1.165, 1.54) is 7.11 Å². The average Bonchev–Trinajstić information content (AvgIpc) is 2.72. The number of ether oxygens (including phenoxy) is 2. The maximum Gasteiger partial charge on any atom is 0.337 e. The normalized spacial score (nSPS) is 15.8. The van der Waals surface area contributed by atoms with Gasteiger partial charge in [0.2, 0.25) is 0 Å². The molecule has 0 unspecified atom stereocenters. The number of benzene rings is 2. The molecule has 2 aromatic rings. The average molecular weight is 296 g/mol. The van der Waals surface area contributed by atoms with Crippen molar-refractivity contribution in [2.24, 2.45) is 0 Å². The number of hydrogen-bond donors (Lipinski definition) is 0. The van der Waals surface area contributed by atoms with Crippen molar-refractivity contribution >= 4 is 12.3 Å². The summed E-state index contributed by atoms with van der Waals surface area (Å²) >= 11 is 0. The molecule has 22 heavy (non-hydrogen) atoms. The molecule has 1 aliphatic rings. The maximum atomic E-state index is 11.8. The first kappa shape index (κ1) is 14.3. The van der Waals surface area contributed by atoms with E-state index in [9.17, 15) is 9.59 Å². The summed E-state index contributed by atoms with van der Waals surface area (Å²) in [5.41, 5.74) is 3.43. The summed E-state index contributed by atoms with van der Waals surface area (Å²) < 4.78 is 10.6. The molecular formula is C18H16O4. The van der Waals surface area contributed by atoms with Crippen LogP contribution >= 0.6 is 0 Å². The zero-order valence-corrected chi connectivity index (χ0v) is 12.2. The van der Waals surface area contributed by atoms with Crippen LogP contribution in [0.15, 0.2) is 42.5 Å². The topological polar surface area (TPSA) is 52.6 Å². The van der Waals surface area contributed by atoms with Gasteiger partial charge in [-0.05, 0) is 29.3 Å². The van der Waals surface area contributed by atoms with Gasteiger partial charge < -0.3 is 14.3 Å². The van der Waals surface area contributed by atoms with Crippen molar-refractivity contribution in [3.63, 3.8) is 0 Å². The summed E-state index contributed by atoms with van der Waals surface area (Å²) in [6.45, 7) is 0.454. The SMILES string of the molecule is COC(=O)c1ccc2c(c1)[C@H](CC=O)c1ccccc1CO2. The van der Waals surface area contributed by atoms with Crippen molar-refractivity contribution in [3.05, 3.63) is 64.7 Å². The molecule has 0 aromatic heterocycles. The van der Waals surface area contributed by atoms with Crippen LogP contribution in [0.1, 0.15) is 39.4 Å². The molecule has 4 heteroatoms. The van der Waals surface area contributed by atoms with Crippen molar-refractivity contribution in [1.29, 1.82) is 0 Å². The van der Waals surface area contributed by atoms with E-state index in [4.69, 9.17) is 9.47 Å². The summed E-state index contributed by atoms with van der Waals surface area (Å²) in [4.78, 5) is 22.9. The predicted octanol–water partition coefficient (Wildman–Crippen LogP) is 3.09. The molecule has 0 aliphatic carbocycles. The first-order chi connectivity index (χ1) is 10.7. The van der Waals surface area contributed by atoms with Gasteiger partial charge in [-0.3, -0.25) is 0 Å². The molecule has 3 rings (SSSR count). The highest BCUT2D eigenvalue weighted by atomic mass is 16.5. The Labute approximate surface area is 128 Å². The molecule has 0 amide bonds. The number of carbonyl (C=O) groups excluding carboxylic acids is 2. The summed E-state index contributed by atoms with van der Waals surface area (Å²) in [7, 11) is 1.35. The quantitative estimate of drug-likeness (QED) is 0.645. The number of rotatable bonds is 3. The van der Waals surface area contributed by atoms with E-state index < -0.39 is 5.97 Å².